The monoisotopic (exact) mass is 284 g/mol. The summed E-state index contributed by atoms with van der Waals surface area (Å²) in [5.74, 6) is -1.66. The van der Waals surface area contributed by atoms with Crippen molar-refractivity contribution in [1.29, 1.82) is 0 Å². The molecule has 110 valence electrons. The summed E-state index contributed by atoms with van der Waals surface area (Å²) in [6, 6.07) is 2.22. The molecule has 0 bridgehead atoms. The van der Waals surface area contributed by atoms with E-state index in [1.807, 2.05) is 0 Å². The fourth-order valence-corrected chi connectivity index (χ4v) is 1.81. The van der Waals surface area contributed by atoms with Gasteiger partial charge in [-0.2, -0.15) is 0 Å². The second-order valence-corrected chi connectivity index (χ2v) is 5.28. The van der Waals surface area contributed by atoms with Gasteiger partial charge in [0.2, 0.25) is 0 Å². The number of hydrogen-bond donors (Lipinski definition) is 2. The van der Waals surface area contributed by atoms with Gasteiger partial charge in [0, 0.05) is 17.5 Å². The molecule has 1 aromatic carbocycles. The number of anilines is 1. The number of aliphatic carboxylic acids is 1. The van der Waals surface area contributed by atoms with E-state index in [0.29, 0.717) is 12.0 Å². The van der Waals surface area contributed by atoms with E-state index in [-0.39, 0.29) is 17.8 Å². The van der Waals surface area contributed by atoms with Gasteiger partial charge in [0.05, 0.1) is 16.7 Å². The quantitative estimate of drug-likeness (QED) is 0.618. The van der Waals surface area contributed by atoms with Crippen molar-refractivity contribution in [3.05, 3.63) is 33.6 Å². The maximum atomic E-state index is 13.8. The number of nitrogens with zero attached hydrogens (tertiary/aromatic N) is 1. The van der Waals surface area contributed by atoms with Gasteiger partial charge in [-0.1, -0.05) is 0 Å². The van der Waals surface area contributed by atoms with Crippen LogP contribution in [-0.4, -0.2) is 21.5 Å². The van der Waals surface area contributed by atoms with Gasteiger partial charge in [-0.25, -0.2) is 4.39 Å². The zero-order valence-electron chi connectivity index (χ0n) is 11.6. The molecule has 6 nitrogen and oxygen atoms in total. The Morgan fingerprint density at radius 3 is 2.60 bits per heavy atom. The number of nitrogens with one attached hydrogen (secondary N) is 1. The third-order valence-electron chi connectivity index (χ3n) is 2.92. The number of carboxylic acid groups (broad SMARTS) is 1. The average molecular weight is 284 g/mol. The number of halogens is 1. The fourth-order valence-electron chi connectivity index (χ4n) is 1.81. The Hall–Kier alpha value is -2.18. The summed E-state index contributed by atoms with van der Waals surface area (Å²) in [6.07, 6.45) is 0.255. The van der Waals surface area contributed by atoms with Gasteiger partial charge in [-0.3, -0.25) is 14.9 Å². The van der Waals surface area contributed by atoms with Crippen LogP contribution >= 0.6 is 0 Å². The molecule has 1 aromatic rings. The first-order chi connectivity index (χ1) is 9.12. The zero-order valence-corrected chi connectivity index (χ0v) is 11.6. The van der Waals surface area contributed by atoms with E-state index in [9.17, 15) is 19.3 Å². The third-order valence-corrected chi connectivity index (χ3v) is 2.92. The van der Waals surface area contributed by atoms with E-state index >= 15 is 0 Å². The third kappa shape index (κ3) is 4.18. The number of carbonyl (C=O) groups is 1. The minimum atomic E-state index is -0.930. The van der Waals surface area contributed by atoms with Gasteiger partial charge >= 0.3 is 5.97 Å². The second kappa shape index (κ2) is 5.85. The fraction of sp³-hybridized carbons (Fsp3) is 0.462. The average Bonchev–Trinajstić information content (AvgIpc) is 2.30. The van der Waals surface area contributed by atoms with Gasteiger partial charge in [-0.05, 0) is 33.3 Å². The molecule has 20 heavy (non-hydrogen) atoms. The smallest absolute Gasteiger partial charge is 0.303 e. The lowest BCUT2D eigenvalue weighted by Gasteiger charge is -2.27. The molecule has 7 heteroatoms. The molecule has 0 fully saturated rings. The maximum Gasteiger partial charge on any atom is 0.303 e. The van der Waals surface area contributed by atoms with E-state index in [1.54, 1.807) is 13.8 Å². The van der Waals surface area contributed by atoms with Crippen LogP contribution in [0.1, 0.15) is 32.3 Å². The Labute approximate surface area is 115 Å². The van der Waals surface area contributed by atoms with Crippen LogP contribution < -0.4 is 5.32 Å². The summed E-state index contributed by atoms with van der Waals surface area (Å²) in [4.78, 5) is 20.6. The van der Waals surface area contributed by atoms with E-state index in [4.69, 9.17) is 5.11 Å². The summed E-state index contributed by atoms with van der Waals surface area (Å²) in [5, 5.41) is 22.3. The molecule has 1 rings (SSSR count). The summed E-state index contributed by atoms with van der Waals surface area (Å²) in [5.41, 5.74) is -0.449. The summed E-state index contributed by atoms with van der Waals surface area (Å²) in [6.45, 7) is 5.01. The highest BCUT2D eigenvalue weighted by atomic mass is 19.1. The minimum Gasteiger partial charge on any atom is -0.481 e. The summed E-state index contributed by atoms with van der Waals surface area (Å²) < 4.78 is 13.8. The van der Waals surface area contributed by atoms with E-state index in [1.165, 1.54) is 13.0 Å². The van der Waals surface area contributed by atoms with Crippen LogP contribution in [0.4, 0.5) is 15.8 Å². The lowest BCUT2D eigenvalue weighted by molar-refractivity contribution is -0.385. The number of carboxylic acids is 1. The number of nitro benzene ring substituents is 1. The van der Waals surface area contributed by atoms with Crippen LogP contribution in [0.3, 0.4) is 0 Å². The molecule has 0 radical (unpaired) electrons. The van der Waals surface area contributed by atoms with Crippen LogP contribution in [0.2, 0.25) is 0 Å². The maximum absolute atomic E-state index is 13.8. The topological polar surface area (TPSA) is 92.5 Å². The SMILES string of the molecule is Cc1cc(NC(C)(C)CCC(=O)O)c(F)cc1[N+](=O)[O-]. The molecule has 0 spiro atoms. The first-order valence-corrected chi connectivity index (χ1v) is 6.07. The second-order valence-electron chi connectivity index (χ2n) is 5.28. The molecule has 0 saturated heterocycles. The van der Waals surface area contributed by atoms with Gasteiger partial charge in [0.1, 0.15) is 0 Å². The Kier molecular flexibility index (Phi) is 4.65. The van der Waals surface area contributed by atoms with Crippen molar-refractivity contribution in [3.63, 3.8) is 0 Å². The van der Waals surface area contributed by atoms with Crippen molar-refractivity contribution < 1.29 is 19.2 Å². The van der Waals surface area contributed by atoms with Crippen molar-refractivity contribution in [2.75, 3.05) is 5.32 Å². The molecule has 0 unspecified atom stereocenters. The van der Waals surface area contributed by atoms with E-state index in [0.717, 1.165) is 6.07 Å². The van der Waals surface area contributed by atoms with Crippen LogP contribution in [0.5, 0.6) is 0 Å². The molecule has 0 amide bonds. The van der Waals surface area contributed by atoms with Gasteiger partial charge < -0.3 is 10.4 Å². The summed E-state index contributed by atoms with van der Waals surface area (Å²) in [7, 11) is 0. The van der Waals surface area contributed by atoms with Crippen LogP contribution in [0.25, 0.3) is 0 Å². The Bertz CT molecular complexity index is 543. The number of benzene rings is 1. The number of rotatable bonds is 6. The number of aryl methyl sites for hydroxylation is 1. The molecule has 2 N–H and O–H groups in total. The van der Waals surface area contributed by atoms with Crippen molar-refractivity contribution in [1.82, 2.24) is 0 Å². The molecule has 0 saturated carbocycles. The Morgan fingerprint density at radius 1 is 1.50 bits per heavy atom. The van der Waals surface area contributed by atoms with Crippen LogP contribution in [0, 0.1) is 22.9 Å². The van der Waals surface area contributed by atoms with Crippen molar-refractivity contribution in [2.24, 2.45) is 0 Å². The van der Waals surface area contributed by atoms with Gasteiger partial charge in [0.15, 0.2) is 5.82 Å². The molecular weight excluding hydrogens is 267 g/mol. The Balaban J connectivity index is 2.95. The zero-order chi connectivity index (χ0) is 15.5. The lowest BCUT2D eigenvalue weighted by atomic mass is 9.97. The Morgan fingerprint density at radius 2 is 2.10 bits per heavy atom. The van der Waals surface area contributed by atoms with Crippen molar-refractivity contribution in [2.45, 2.75) is 39.2 Å². The van der Waals surface area contributed by atoms with Crippen LogP contribution in [-0.2, 0) is 4.79 Å². The summed E-state index contributed by atoms with van der Waals surface area (Å²) >= 11 is 0. The highest BCUT2D eigenvalue weighted by Crippen LogP contribution is 2.28. The van der Waals surface area contributed by atoms with Crippen molar-refractivity contribution in [3.8, 4) is 0 Å². The minimum absolute atomic E-state index is 0.0480. The van der Waals surface area contributed by atoms with Crippen molar-refractivity contribution >= 4 is 17.3 Å². The largest absolute Gasteiger partial charge is 0.481 e. The predicted octanol–water partition coefficient (Wildman–Crippen LogP) is 3.10. The molecule has 0 aliphatic heterocycles. The molecule has 0 aliphatic carbocycles. The molecule has 0 atom stereocenters. The van der Waals surface area contributed by atoms with Crippen LogP contribution in [0.15, 0.2) is 12.1 Å². The van der Waals surface area contributed by atoms with E-state index < -0.39 is 22.2 Å². The molecule has 0 aliphatic rings. The highest BCUT2D eigenvalue weighted by molar-refractivity contribution is 5.67. The molecular formula is C13H17FN2O4. The highest BCUT2D eigenvalue weighted by Gasteiger charge is 2.22. The molecule has 0 heterocycles. The van der Waals surface area contributed by atoms with Gasteiger partial charge in [0.25, 0.3) is 5.69 Å². The number of nitro groups is 1. The molecule has 0 aromatic heterocycles. The number of hydrogen-bond acceptors (Lipinski definition) is 4. The van der Waals surface area contributed by atoms with E-state index in [2.05, 4.69) is 5.32 Å². The first kappa shape index (κ1) is 15.9. The lowest BCUT2D eigenvalue weighted by Crippen LogP contribution is -2.32. The van der Waals surface area contributed by atoms with Gasteiger partial charge in [-0.15, -0.1) is 0 Å². The first-order valence-electron chi connectivity index (χ1n) is 6.07. The predicted molar refractivity (Wildman–Crippen MR) is 72.4 cm³/mol. The standard InChI is InChI=1S/C13H17FN2O4/c1-8-6-10(9(14)7-11(8)16(19)20)15-13(2,3)5-4-12(17)18/h6-7,15H,4-5H2,1-3H3,(H,17,18). The normalized spacial score (nSPS) is 11.2.